The van der Waals surface area contributed by atoms with Gasteiger partial charge in [-0.1, -0.05) is 23.2 Å². The predicted molar refractivity (Wildman–Crippen MR) is 108 cm³/mol. The molecule has 0 spiro atoms. The monoisotopic (exact) mass is 405 g/mol. The summed E-state index contributed by atoms with van der Waals surface area (Å²) < 4.78 is 3.55. The van der Waals surface area contributed by atoms with Crippen molar-refractivity contribution in [3.63, 3.8) is 0 Å². The topological polar surface area (TPSA) is 64.7 Å². The standard InChI is InChI=1S/C19H21Cl2N5O/c1-11(2)25-18(7-8-22-25)23-19(27)10-15-12(3)24-26(13(15)4)14-5-6-16(20)17(21)9-14/h5-9,11H,10H2,1-4H3,(H,23,27). The van der Waals surface area contributed by atoms with Gasteiger partial charge in [-0.3, -0.25) is 4.79 Å². The molecule has 142 valence electrons. The molecule has 1 aromatic carbocycles. The molecule has 1 N–H and O–H groups in total. The van der Waals surface area contributed by atoms with Crippen LogP contribution in [0.4, 0.5) is 5.82 Å². The van der Waals surface area contributed by atoms with E-state index in [0.717, 1.165) is 22.6 Å². The minimum absolute atomic E-state index is 0.114. The number of hydrogen-bond donors (Lipinski definition) is 1. The molecule has 3 rings (SSSR count). The second-order valence-electron chi connectivity index (χ2n) is 6.64. The number of amides is 1. The maximum absolute atomic E-state index is 12.6. The Kier molecular flexibility index (Phi) is 5.58. The van der Waals surface area contributed by atoms with Gasteiger partial charge in [0, 0.05) is 23.4 Å². The summed E-state index contributed by atoms with van der Waals surface area (Å²) in [6.45, 7) is 7.85. The van der Waals surface area contributed by atoms with Gasteiger partial charge in [-0.15, -0.1) is 0 Å². The number of aryl methyl sites for hydroxylation is 1. The SMILES string of the molecule is Cc1nn(-c2ccc(Cl)c(Cl)c2)c(C)c1CC(=O)Nc1ccnn1C(C)C. The first-order chi connectivity index (χ1) is 12.8. The van der Waals surface area contributed by atoms with E-state index >= 15 is 0 Å². The molecule has 0 atom stereocenters. The summed E-state index contributed by atoms with van der Waals surface area (Å²) in [5.41, 5.74) is 3.37. The average molecular weight is 406 g/mol. The van der Waals surface area contributed by atoms with E-state index in [9.17, 15) is 4.79 Å². The average Bonchev–Trinajstić information content (AvgIpc) is 3.17. The van der Waals surface area contributed by atoms with Crippen LogP contribution in [-0.4, -0.2) is 25.5 Å². The molecule has 0 saturated carbocycles. The third-order valence-corrected chi connectivity index (χ3v) is 5.09. The van der Waals surface area contributed by atoms with Gasteiger partial charge in [0.15, 0.2) is 0 Å². The van der Waals surface area contributed by atoms with E-state index in [1.165, 1.54) is 0 Å². The molecule has 0 unspecified atom stereocenters. The molecular formula is C19H21Cl2N5O. The number of anilines is 1. The van der Waals surface area contributed by atoms with Crippen molar-refractivity contribution in [3.05, 3.63) is 57.5 Å². The predicted octanol–water partition coefficient (Wildman–Crippen LogP) is 4.75. The van der Waals surface area contributed by atoms with Crippen LogP contribution >= 0.6 is 23.2 Å². The van der Waals surface area contributed by atoms with Gasteiger partial charge in [0.2, 0.25) is 5.91 Å². The van der Waals surface area contributed by atoms with Gasteiger partial charge in [-0.2, -0.15) is 10.2 Å². The van der Waals surface area contributed by atoms with Crippen molar-refractivity contribution < 1.29 is 4.79 Å². The normalized spacial score (nSPS) is 11.2. The fourth-order valence-electron chi connectivity index (χ4n) is 2.97. The highest BCUT2D eigenvalue weighted by atomic mass is 35.5. The van der Waals surface area contributed by atoms with Crippen LogP contribution in [0, 0.1) is 13.8 Å². The maximum atomic E-state index is 12.6. The number of benzene rings is 1. The summed E-state index contributed by atoms with van der Waals surface area (Å²) in [6, 6.07) is 7.29. The van der Waals surface area contributed by atoms with Crippen LogP contribution in [0.1, 0.15) is 36.8 Å². The van der Waals surface area contributed by atoms with Crippen LogP contribution in [0.25, 0.3) is 5.69 Å². The fourth-order valence-corrected chi connectivity index (χ4v) is 3.26. The van der Waals surface area contributed by atoms with Crippen molar-refractivity contribution >= 4 is 34.9 Å². The Hall–Kier alpha value is -2.31. The Labute approximate surface area is 168 Å². The second-order valence-corrected chi connectivity index (χ2v) is 7.45. The van der Waals surface area contributed by atoms with Gasteiger partial charge in [0.05, 0.1) is 34.0 Å². The zero-order chi connectivity index (χ0) is 19.7. The molecule has 0 bridgehead atoms. The lowest BCUT2D eigenvalue weighted by Gasteiger charge is -2.12. The van der Waals surface area contributed by atoms with E-state index in [1.54, 1.807) is 33.8 Å². The molecule has 0 aliphatic rings. The molecule has 27 heavy (non-hydrogen) atoms. The minimum Gasteiger partial charge on any atom is -0.311 e. The number of halogens is 2. The minimum atomic E-state index is -0.114. The Morgan fingerprint density at radius 2 is 1.93 bits per heavy atom. The lowest BCUT2D eigenvalue weighted by Crippen LogP contribution is -2.19. The van der Waals surface area contributed by atoms with Crippen molar-refractivity contribution in [1.82, 2.24) is 19.6 Å². The van der Waals surface area contributed by atoms with Gasteiger partial charge < -0.3 is 5.32 Å². The summed E-state index contributed by atoms with van der Waals surface area (Å²) in [6.07, 6.45) is 1.90. The first kappa shape index (κ1) is 19.5. The van der Waals surface area contributed by atoms with Crippen molar-refractivity contribution in [2.45, 2.75) is 40.2 Å². The van der Waals surface area contributed by atoms with Gasteiger partial charge >= 0.3 is 0 Å². The van der Waals surface area contributed by atoms with Crippen molar-refractivity contribution in [2.75, 3.05) is 5.32 Å². The molecule has 3 aromatic rings. The van der Waals surface area contributed by atoms with E-state index in [0.29, 0.717) is 15.9 Å². The molecule has 2 aromatic heterocycles. The Morgan fingerprint density at radius 1 is 1.19 bits per heavy atom. The lowest BCUT2D eigenvalue weighted by molar-refractivity contribution is -0.115. The van der Waals surface area contributed by atoms with Crippen LogP contribution in [0.5, 0.6) is 0 Å². The maximum Gasteiger partial charge on any atom is 0.230 e. The Bertz CT molecular complexity index is 990. The fraction of sp³-hybridized carbons (Fsp3) is 0.316. The third-order valence-electron chi connectivity index (χ3n) is 4.35. The van der Waals surface area contributed by atoms with Crippen LogP contribution in [0.15, 0.2) is 30.5 Å². The first-order valence-electron chi connectivity index (χ1n) is 8.61. The highest BCUT2D eigenvalue weighted by Crippen LogP contribution is 2.26. The van der Waals surface area contributed by atoms with E-state index in [-0.39, 0.29) is 18.4 Å². The van der Waals surface area contributed by atoms with E-state index in [1.807, 2.05) is 33.8 Å². The molecular weight excluding hydrogens is 385 g/mol. The van der Waals surface area contributed by atoms with E-state index in [2.05, 4.69) is 15.5 Å². The van der Waals surface area contributed by atoms with Crippen LogP contribution in [0.3, 0.4) is 0 Å². The first-order valence-corrected chi connectivity index (χ1v) is 9.37. The highest BCUT2D eigenvalue weighted by Gasteiger charge is 2.18. The molecule has 1 amide bonds. The zero-order valence-electron chi connectivity index (χ0n) is 15.6. The van der Waals surface area contributed by atoms with Crippen LogP contribution in [0.2, 0.25) is 10.0 Å². The van der Waals surface area contributed by atoms with E-state index < -0.39 is 0 Å². The van der Waals surface area contributed by atoms with Crippen LogP contribution in [-0.2, 0) is 11.2 Å². The van der Waals surface area contributed by atoms with Crippen LogP contribution < -0.4 is 5.32 Å². The van der Waals surface area contributed by atoms with Crippen molar-refractivity contribution in [2.24, 2.45) is 0 Å². The Balaban J connectivity index is 1.83. The summed E-state index contributed by atoms with van der Waals surface area (Å²) in [5.74, 6) is 0.569. The number of carbonyl (C=O) groups excluding carboxylic acids is 1. The second kappa shape index (κ2) is 7.74. The van der Waals surface area contributed by atoms with Gasteiger partial charge in [-0.05, 0) is 45.9 Å². The number of nitrogens with zero attached hydrogens (tertiary/aromatic N) is 4. The van der Waals surface area contributed by atoms with Gasteiger partial charge in [0.1, 0.15) is 5.82 Å². The molecule has 8 heteroatoms. The van der Waals surface area contributed by atoms with Crippen molar-refractivity contribution in [1.29, 1.82) is 0 Å². The number of hydrogen-bond acceptors (Lipinski definition) is 3. The van der Waals surface area contributed by atoms with Gasteiger partial charge in [0.25, 0.3) is 0 Å². The zero-order valence-corrected chi connectivity index (χ0v) is 17.1. The van der Waals surface area contributed by atoms with Crippen molar-refractivity contribution in [3.8, 4) is 5.69 Å². The summed E-state index contributed by atoms with van der Waals surface area (Å²) >= 11 is 12.1. The molecule has 0 aliphatic carbocycles. The largest absolute Gasteiger partial charge is 0.311 e. The summed E-state index contributed by atoms with van der Waals surface area (Å²) in [7, 11) is 0. The molecule has 6 nitrogen and oxygen atoms in total. The number of aromatic nitrogens is 4. The number of carbonyl (C=O) groups is 1. The van der Waals surface area contributed by atoms with Gasteiger partial charge in [-0.25, -0.2) is 9.36 Å². The molecule has 0 saturated heterocycles. The molecule has 0 aliphatic heterocycles. The van der Waals surface area contributed by atoms with E-state index in [4.69, 9.17) is 23.2 Å². The summed E-state index contributed by atoms with van der Waals surface area (Å²) in [5, 5.41) is 12.7. The quantitative estimate of drug-likeness (QED) is 0.665. The summed E-state index contributed by atoms with van der Waals surface area (Å²) in [4.78, 5) is 12.6. The smallest absolute Gasteiger partial charge is 0.230 e. The molecule has 0 radical (unpaired) electrons. The number of nitrogens with one attached hydrogen (secondary N) is 1. The lowest BCUT2D eigenvalue weighted by atomic mass is 10.1. The Morgan fingerprint density at radius 3 is 2.59 bits per heavy atom. The molecule has 2 heterocycles. The number of rotatable bonds is 5. The third kappa shape index (κ3) is 4.01. The molecule has 0 fully saturated rings. The highest BCUT2D eigenvalue weighted by molar-refractivity contribution is 6.42.